The van der Waals surface area contributed by atoms with E-state index in [4.69, 9.17) is 4.52 Å². The number of nitrogens with zero attached hydrogens (tertiary/aromatic N) is 3. The Balaban J connectivity index is 1.50. The van der Waals surface area contributed by atoms with Gasteiger partial charge in [-0.3, -0.25) is 4.79 Å². The lowest BCUT2D eigenvalue weighted by Gasteiger charge is -2.36. The summed E-state index contributed by atoms with van der Waals surface area (Å²) < 4.78 is 57.4. The molecule has 0 bridgehead atoms. The van der Waals surface area contributed by atoms with Gasteiger partial charge in [0.05, 0.1) is 5.56 Å². The van der Waals surface area contributed by atoms with Gasteiger partial charge in [-0.25, -0.2) is 4.39 Å². The number of piperazine rings is 1. The maximum absolute atomic E-state index is 13.2. The molecule has 1 aliphatic rings. The number of aryl methyl sites for hydroxylation is 1. The molecule has 0 atom stereocenters. The lowest BCUT2D eigenvalue weighted by atomic mass is 10.0. The van der Waals surface area contributed by atoms with Crippen LogP contribution in [0.25, 0.3) is 11.3 Å². The second-order valence-electron chi connectivity index (χ2n) is 7.30. The number of halogens is 4. The normalized spacial score (nSPS) is 14.7. The number of carbonyl (C=O) groups is 1. The van der Waals surface area contributed by atoms with Crippen LogP contribution in [-0.2, 0) is 6.18 Å². The van der Waals surface area contributed by atoms with Crippen molar-refractivity contribution in [1.29, 1.82) is 0 Å². The molecule has 1 aliphatic heterocycles. The highest BCUT2D eigenvalue weighted by molar-refractivity contribution is 6.00. The van der Waals surface area contributed by atoms with E-state index in [9.17, 15) is 22.4 Å². The van der Waals surface area contributed by atoms with E-state index in [1.807, 2.05) is 4.90 Å². The second-order valence-corrected chi connectivity index (χ2v) is 7.30. The number of carbonyl (C=O) groups excluding carboxylic acids is 1. The molecule has 162 valence electrons. The Morgan fingerprint density at radius 3 is 2.35 bits per heavy atom. The van der Waals surface area contributed by atoms with Crippen LogP contribution in [-0.4, -0.2) is 42.1 Å². The molecule has 1 aromatic heterocycles. The molecule has 0 radical (unpaired) electrons. The number of hydrogen-bond acceptors (Lipinski definition) is 4. The van der Waals surface area contributed by atoms with E-state index in [2.05, 4.69) is 5.16 Å². The molecule has 2 heterocycles. The molecule has 2 aromatic carbocycles. The van der Waals surface area contributed by atoms with Crippen LogP contribution in [0.3, 0.4) is 0 Å². The van der Waals surface area contributed by atoms with Crippen molar-refractivity contribution in [3.63, 3.8) is 0 Å². The first-order valence-electron chi connectivity index (χ1n) is 9.68. The fraction of sp³-hybridized carbons (Fsp3) is 0.273. The Kier molecular flexibility index (Phi) is 5.43. The zero-order chi connectivity index (χ0) is 22.2. The van der Waals surface area contributed by atoms with Crippen molar-refractivity contribution in [3.05, 3.63) is 71.2 Å². The molecule has 0 N–H and O–H groups in total. The Morgan fingerprint density at radius 2 is 1.71 bits per heavy atom. The summed E-state index contributed by atoms with van der Waals surface area (Å²) in [4.78, 5) is 16.6. The van der Waals surface area contributed by atoms with Gasteiger partial charge in [-0.1, -0.05) is 11.2 Å². The molecule has 0 unspecified atom stereocenters. The third-order valence-electron chi connectivity index (χ3n) is 5.30. The number of anilines is 1. The Labute approximate surface area is 175 Å². The van der Waals surface area contributed by atoms with Crippen LogP contribution in [0.5, 0.6) is 0 Å². The van der Waals surface area contributed by atoms with E-state index in [0.29, 0.717) is 54.4 Å². The summed E-state index contributed by atoms with van der Waals surface area (Å²) in [5.41, 5.74) is 0.966. The van der Waals surface area contributed by atoms with Crippen LogP contribution >= 0.6 is 0 Å². The van der Waals surface area contributed by atoms with Crippen LogP contribution in [0.1, 0.15) is 21.7 Å². The summed E-state index contributed by atoms with van der Waals surface area (Å²) in [6.45, 7) is 3.09. The van der Waals surface area contributed by atoms with Crippen LogP contribution in [0.4, 0.5) is 23.2 Å². The van der Waals surface area contributed by atoms with Gasteiger partial charge in [0.2, 0.25) is 0 Å². The lowest BCUT2D eigenvalue weighted by Crippen LogP contribution is -2.49. The lowest BCUT2D eigenvalue weighted by molar-refractivity contribution is -0.137. The highest BCUT2D eigenvalue weighted by atomic mass is 19.4. The predicted octanol–water partition coefficient (Wildman–Crippen LogP) is 4.77. The predicted molar refractivity (Wildman–Crippen MR) is 106 cm³/mol. The molecule has 1 amide bonds. The van der Waals surface area contributed by atoms with Gasteiger partial charge in [0, 0.05) is 37.4 Å². The fourth-order valence-electron chi connectivity index (χ4n) is 3.63. The van der Waals surface area contributed by atoms with E-state index in [1.165, 1.54) is 30.3 Å². The van der Waals surface area contributed by atoms with Crippen molar-refractivity contribution in [2.45, 2.75) is 13.1 Å². The topological polar surface area (TPSA) is 49.6 Å². The summed E-state index contributed by atoms with van der Waals surface area (Å²) in [6, 6.07) is 10.8. The van der Waals surface area contributed by atoms with E-state index in [-0.39, 0.29) is 5.91 Å². The minimum atomic E-state index is -4.41. The minimum Gasteiger partial charge on any atom is -0.368 e. The number of amides is 1. The molecule has 3 aromatic rings. The maximum Gasteiger partial charge on any atom is 0.416 e. The standard InChI is InChI=1S/C22H19F4N3O2/c1-14-19(20(27-31-14)15-5-7-17(23)8-6-15)21(30)29-11-9-28(10-12-29)18-4-2-3-16(13-18)22(24,25)26/h2-8,13H,9-12H2,1H3. The first kappa shape index (κ1) is 20.9. The summed E-state index contributed by atoms with van der Waals surface area (Å²) in [5.74, 6) is -0.325. The van der Waals surface area contributed by atoms with Gasteiger partial charge in [0.25, 0.3) is 5.91 Å². The fourth-order valence-corrected chi connectivity index (χ4v) is 3.63. The van der Waals surface area contributed by atoms with Crippen LogP contribution < -0.4 is 4.90 Å². The third kappa shape index (κ3) is 4.26. The summed E-state index contributed by atoms with van der Waals surface area (Å²) >= 11 is 0. The third-order valence-corrected chi connectivity index (χ3v) is 5.30. The summed E-state index contributed by atoms with van der Waals surface area (Å²) in [7, 11) is 0. The quantitative estimate of drug-likeness (QED) is 0.559. The Bertz CT molecular complexity index is 1080. The SMILES string of the molecule is Cc1onc(-c2ccc(F)cc2)c1C(=O)N1CCN(c2cccc(C(F)(F)F)c2)CC1. The first-order chi connectivity index (χ1) is 14.7. The second kappa shape index (κ2) is 8.05. The number of alkyl halides is 3. The average molecular weight is 433 g/mol. The van der Waals surface area contributed by atoms with Gasteiger partial charge in [-0.2, -0.15) is 13.2 Å². The van der Waals surface area contributed by atoms with Crippen molar-refractivity contribution in [3.8, 4) is 11.3 Å². The highest BCUT2D eigenvalue weighted by Crippen LogP contribution is 2.32. The van der Waals surface area contributed by atoms with Crippen molar-refractivity contribution < 1.29 is 26.9 Å². The van der Waals surface area contributed by atoms with Gasteiger partial charge in [-0.15, -0.1) is 0 Å². The first-order valence-corrected chi connectivity index (χ1v) is 9.68. The summed E-state index contributed by atoms with van der Waals surface area (Å²) in [5, 5.41) is 3.96. The van der Waals surface area contributed by atoms with Crippen LogP contribution in [0, 0.1) is 12.7 Å². The largest absolute Gasteiger partial charge is 0.416 e. The number of aromatic nitrogens is 1. The van der Waals surface area contributed by atoms with Gasteiger partial charge < -0.3 is 14.3 Å². The average Bonchev–Trinajstić information content (AvgIpc) is 3.15. The number of benzene rings is 2. The highest BCUT2D eigenvalue weighted by Gasteiger charge is 2.32. The molecular weight excluding hydrogens is 414 g/mol. The number of hydrogen-bond donors (Lipinski definition) is 0. The minimum absolute atomic E-state index is 0.276. The smallest absolute Gasteiger partial charge is 0.368 e. The van der Waals surface area contributed by atoms with Gasteiger partial charge >= 0.3 is 6.18 Å². The Hall–Kier alpha value is -3.36. The Morgan fingerprint density at radius 1 is 1.03 bits per heavy atom. The molecule has 1 fully saturated rings. The molecule has 0 aliphatic carbocycles. The van der Waals surface area contributed by atoms with Crippen molar-refractivity contribution in [2.24, 2.45) is 0 Å². The molecule has 4 rings (SSSR count). The van der Waals surface area contributed by atoms with Crippen molar-refractivity contribution >= 4 is 11.6 Å². The van der Waals surface area contributed by atoms with Gasteiger partial charge in [0.1, 0.15) is 22.8 Å². The van der Waals surface area contributed by atoms with Crippen molar-refractivity contribution in [2.75, 3.05) is 31.1 Å². The van der Waals surface area contributed by atoms with Gasteiger partial charge in [0.15, 0.2) is 0 Å². The molecule has 0 spiro atoms. The molecule has 9 heteroatoms. The monoisotopic (exact) mass is 433 g/mol. The molecule has 31 heavy (non-hydrogen) atoms. The molecular formula is C22H19F4N3O2. The van der Waals surface area contributed by atoms with Crippen LogP contribution in [0.15, 0.2) is 53.1 Å². The molecule has 0 saturated carbocycles. The zero-order valence-electron chi connectivity index (χ0n) is 16.6. The van der Waals surface area contributed by atoms with E-state index in [1.54, 1.807) is 17.9 Å². The van der Waals surface area contributed by atoms with E-state index >= 15 is 0 Å². The van der Waals surface area contributed by atoms with Crippen LogP contribution in [0.2, 0.25) is 0 Å². The van der Waals surface area contributed by atoms with Gasteiger partial charge in [-0.05, 0) is 49.4 Å². The molecule has 5 nitrogen and oxygen atoms in total. The van der Waals surface area contributed by atoms with Crippen molar-refractivity contribution in [1.82, 2.24) is 10.1 Å². The summed E-state index contributed by atoms with van der Waals surface area (Å²) in [6.07, 6.45) is -4.41. The van der Waals surface area contributed by atoms with E-state index < -0.39 is 17.6 Å². The molecule has 1 saturated heterocycles. The number of rotatable bonds is 3. The van der Waals surface area contributed by atoms with E-state index in [0.717, 1.165) is 12.1 Å². The maximum atomic E-state index is 13.2. The zero-order valence-corrected chi connectivity index (χ0v) is 16.6.